The summed E-state index contributed by atoms with van der Waals surface area (Å²) in [6.07, 6.45) is 9.90. The number of hydrogen-bond donors (Lipinski definition) is 0. The topological polar surface area (TPSA) is 49.9 Å². The molecule has 5 heteroatoms. The molecule has 0 bridgehead atoms. The predicted molar refractivity (Wildman–Crippen MR) is 144 cm³/mol. The number of para-hydroxylation sites is 1. The molecular weight excluding hydrogens is 424 g/mol. The van der Waals surface area contributed by atoms with Gasteiger partial charge in [-0.15, -0.1) is 0 Å². The number of nitrogens with zero attached hydrogens (tertiary/aromatic N) is 2. The lowest BCUT2D eigenvalue weighted by atomic mass is 10.0. The zero-order valence-electron chi connectivity index (χ0n) is 23.4. The average Bonchev–Trinajstić information content (AvgIpc) is 3.12. The van der Waals surface area contributed by atoms with Crippen molar-refractivity contribution in [1.29, 1.82) is 0 Å². The zero-order chi connectivity index (χ0) is 25.9. The molecule has 1 aromatic carbocycles. The summed E-state index contributed by atoms with van der Waals surface area (Å²) in [6, 6.07) is 8.04. The van der Waals surface area contributed by atoms with E-state index in [9.17, 15) is 9.59 Å². The van der Waals surface area contributed by atoms with Gasteiger partial charge in [0.25, 0.3) is 5.91 Å². The van der Waals surface area contributed by atoms with Gasteiger partial charge in [0.15, 0.2) is 0 Å². The number of fused-ring (bicyclic) bond motifs is 1. The van der Waals surface area contributed by atoms with Gasteiger partial charge in [-0.3, -0.25) is 9.69 Å². The van der Waals surface area contributed by atoms with E-state index in [2.05, 4.69) is 32.0 Å². The van der Waals surface area contributed by atoms with Crippen molar-refractivity contribution in [3.8, 4) is 5.75 Å². The number of rotatable bonds is 9. The van der Waals surface area contributed by atoms with Crippen molar-refractivity contribution >= 4 is 11.9 Å². The molecule has 1 aromatic rings. The molecule has 2 heterocycles. The summed E-state index contributed by atoms with van der Waals surface area (Å²) >= 11 is 0. The van der Waals surface area contributed by atoms with Crippen LogP contribution in [0.15, 0.2) is 24.3 Å². The maximum atomic E-state index is 12.2. The van der Waals surface area contributed by atoms with Crippen molar-refractivity contribution in [2.45, 2.75) is 125 Å². The number of carbonyl (C=O) groups is 2. The molecule has 2 aliphatic rings. The Morgan fingerprint density at radius 1 is 0.853 bits per heavy atom. The van der Waals surface area contributed by atoms with Crippen molar-refractivity contribution in [2.24, 2.45) is 0 Å². The van der Waals surface area contributed by atoms with E-state index in [1.807, 2.05) is 47.6 Å². The van der Waals surface area contributed by atoms with Gasteiger partial charge >= 0.3 is 6.03 Å². The summed E-state index contributed by atoms with van der Waals surface area (Å²) in [4.78, 5) is 27.5. The minimum atomic E-state index is -0.219. The van der Waals surface area contributed by atoms with E-state index < -0.39 is 0 Å². The standard InChI is InChI=1S/C14H26N2O2.C11H14O.2C2H6/c1-4-7-8-9-11-16-13(17)12(6-3)15(10-5-2)14(16)18;1-2-10-8-7-9-5-3-4-6-11(9)12-10;2*1-2/h12H,4-11H2,1-3H3;3-6,10H,2,7-8H2,1H3;2*1-2H3. The van der Waals surface area contributed by atoms with Crippen molar-refractivity contribution in [3.05, 3.63) is 29.8 Å². The van der Waals surface area contributed by atoms with E-state index in [0.717, 1.165) is 37.9 Å². The molecule has 3 rings (SSSR count). The van der Waals surface area contributed by atoms with E-state index >= 15 is 0 Å². The smallest absolute Gasteiger partial charge is 0.327 e. The molecule has 5 nitrogen and oxygen atoms in total. The van der Waals surface area contributed by atoms with Crippen LogP contribution in [0.3, 0.4) is 0 Å². The highest BCUT2D eigenvalue weighted by molar-refractivity contribution is 6.04. The summed E-state index contributed by atoms with van der Waals surface area (Å²) in [6.45, 7) is 17.6. The lowest BCUT2D eigenvalue weighted by molar-refractivity contribution is -0.128. The lowest BCUT2D eigenvalue weighted by Crippen LogP contribution is -2.35. The number of hydrogen-bond acceptors (Lipinski definition) is 3. The molecule has 34 heavy (non-hydrogen) atoms. The number of benzene rings is 1. The summed E-state index contributed by atoms with van der Waals surface area (Å²) in [5, 5.41) is 0. The summed E-state index contributed by atoms with van der Waals surface area (Å²) in [5.74, 6) is 1.10. The van der Waals surface area contributed by atoms with Crippen LogP contribution in [0.25, 0.3) is 0 Å². The second kappa shape index (κ2) is 19.3. The second-order valence-electron chi connectivity index (χ2n) is 8.25. The fraction of sp³-hybridized carbons (Fsp3) is 0.724. The molecule has 0 N–H and O–H groups in total. The van der Waals surface area contributed by atoms with Crippen LogP contribution in [-0.2, 0) is 11.2 Å². The number of urea groups is 1. The maximum Gasteiger partial charge on any atom is 0.327 e. The third kappa shape index (κ3) is 9.68. The average molecular weight is 477 g/mol. The monoisotopic (exact) mass is 476 g/mol. The van der Waals surface area contributed by atoms with Gasteiger partial charge in [0.05, 0.1) is 6.10 Å². The number of aryl methyl sites for hydroxylation is 1. The van der Waals surface area contributed by atoms with E-state index in [1.54, 1.807) is 4.90 Å². The molecule has 2 aliphatic heterocycles. The first-order valence-corrected chi connectivity index (χ1v) is 13.9. The minimum absolute atomic E-state index is 0.00690. The fourth-order valence-electron chi connectivity index (χ4n) is 4.15. The molecular formula is C29H52N2O3. The van der Waals surface area contributed by atoms with Crippen molar-refractivity contribution in [2.75, 3.05) is 13.1 Å². The van der Waals surface area contributed by atoms with Crippen LogP contribution in [0.1, 0.15) is 112 Å². The van der Waals surface area contributed by atoms with Gasteiger partial charge in [0.1, 0.15) is 11.8 Å². The molecule has 0 spiro atoms. The number of amides is 3. The van der Waals surface area contributed by atoms with E-state index in [0.29, 0.717) is 19.2 Å². The van der Waals surface area contributed by atoms with Crippen LogP contribution in [-0.4, -0.2) is 47.0 Å². The zero-order valence-corrected chi connectivity index (χ0v) is 23.4. The molecule has 3 amide bonds. The predicted octanol–water partition coefficient (Wildman–Crippen LogP) is 7.86. The van der Waals surface area contributed by atoms with Gasteiger partial charge in [-0.05, 0) is 50.2 Å². The Balaban J connectivity index is 0.000000587. The van der Waals surface area contributed by atoms with Crippen LogP contribution in [0.5, 0.6) is 5.75 Å². The van der Waals surface area contributed by atoms with Gasteiger partial charge in [-0.1, -0.05) is 92.9 Å². The molecule has 1 saturated heterocycles. The minimum Gasteiger partial charge on any atom is -0.490 e. The SMILES string of the molecule is CC.CC.CCC1CCc2ccccc2O1.CCCCCCN1C(=O)C(CC)N(CCC)C1=O. The largest absolute Gasteiger partial charge is 0.490 e. The Hall–Kier alpha value is -2.04. The molecule has 196 valence electrons. The van der Waals surface area contributed by atoms with E-state index in [1.165, 1.54) is 36.1 Å². The normalized spacial score (nSPS) is 18.5. The summed E-state index contributed by atoms with van der Waals surface area (Å²) < 4.78 is 5.78. The third-order valence-corrected chi connectivity index (χ3v) is 5.95. The molecule has 0 radical (unpaired) electrons. The van der Waals surface area contributed by atoms with Crippen LogP contribution >= 0.6 is 0 Å². The van der Waals surface area contributed by atoms with Crippen LogP contribution in [0, 0.1) is 0 Å². The highest BCUT2D eigenvalue weighted by Gasteiger charge is 2.42. The molecule has 2 unspecified atom stereocenters. The van der Waals surface area contributed by atoms with Gasteiger partial charge in [-0.25, -0.2) is 4.79 Å². The number of carbonyl (C=O) groups excluding carboxylic acids is 2. The first-order valence-electron chi connectivity index (χ1n) is 13.9. The Morgan fingerprint density at radius 3 is 2.12 bits per heavy atom. The van der Waals surface area contributed by atoms with Gasteiger partial charge in [0.2, 0.25) is 0 Å². The van der Waals surface area contributed by atoms with Crippen molar-refractivity contribution < 1.29 is 14.3 Å². The molecule has 2 atom stereocenters. The van der Waals surface area contributed by atoms with Crippen LogP contribution < -0.4 is 4.74 Å². The molecule has 0 aromatic heterocycles. The summed E-state index contributed by atoms with van der Waals surface area (Å²) in [7, 11) is 0. The molecule has 1 fully saturated rings. The second-order valence-corrected chi connectivity index (χ2v) is 8.25. The lowest BCUT2D eigenvalue weighted by Gasteiger charge is -2.24. The van der Waals surface area contributed by atoms with Crippen LogP contribution in [0.2, 0.25) is 0 Å². The Morgan fingerprint density at radius 2 is 1.53 bits per heavy atom. The van der Waals surface area contributed by atoms with E-state index in [4.69, 9.17) is 4.74 Å². The third-order valence-electron chi connectivity index (χ3n) is 5.95. The van der Waals surface area contributed by atoms with Crippen molar-refractivity contribution in [1.82, 2.24) is 9.80 Å². The maximum absolute atomic E-state index is 12.2. The van der Waals surface area contributed by atoms with E-state index in [-0.39, 0.29) is 18.0 Å². The Bertz CT molecular complexity index is 677. The van der Waals surface area contributed by atoms with Gasteiger partial charge < -0.3 is 9.64 Å². The number of ether oxygens (including phenoxy) is 1. The Kier molecular flexibility index (Phi) is 18.1. The quantitative estimate of drug-likeness (QED) is 0.269. The highest BCUT2D eigenvalue weighted by atomic mass is 16.5. The fourth-order valence-corrected chi connectivity index (χ4v) is 4.15. The van der Waals surface area contributed by atoms with Crippen LogP contribution in [0.4, 0.5) is 4.79 Å². The first kappa shape index (κ1) is 32.0. The van der Waals surface area contributed by atoms with Crippen molar-refractivity contribution in [3.63, 3.8) is 0 Å². The highest BCUT2D eigenvalue weighted by Crippen LogP contribution is 2.27. The molecule has 0 saturated carbocycles. The Labute approximate surface area is 210 Å². The van der Waals surface area contributed by atoms with Gasteiger partial charge in [0, 0.05) is 13.1 Å². The number of imide groups is 1. The number of unbranched alkanes of at least 4 members (excludes halogenated alkanes) is 3. The van der Waals surface area contributed by atoms with Gasteiger partial charge in [-0.2, -0.15) is 0 Å². The summed E-state index contributed by atoms with van der Waals surface area (Å²) in [5.41, 5.74) is 1.36. The molecule has 0 aliphatic carbocycles. The first-order chi connectivity index (χ1) is 16.6.